The highest BCUT2D eigenvalue weighted by atomic mass is 32.2. The van der Waals surface area contributed by atoms with Gasteiger partial charge in [-0.1, -0.05) is 18.2 Å². The minimum Gasteiger partial charge on any atom is -0.480 e. The van der Waals surface area contributed by atoms with Gasteiger partial charge in [-0.25, -0.2) is 4.79 Å². The molecule has 1 aliphatic rings. The summed E-state index contributed by atoms with van der Waals surface area (Å²) in [7, 11) is 0. The highest BCUT2D eigenvalue weighted by Gasteiger charge is 2.29. The number of carboxylic acid groups (broad SMARTS) is 1. The van der Waals surface area contributed by atoms with Crippen molar-refractivity contribution in [2.75, 3.05) is 23.0 Å². The van der Waals surface area contributed by atoms with Gasteiger partial charge in [0.05, 0.1) is 0 Å². The lowest BCUT2D eigenvalue weighted by molar-refractivity contribution is -0.138. The van der Waals surface area contributed by atoms with Crippen molar-refractivity contribution in [3.8, 4) is 0 Å². The first-order valence-corrected chi connectivity index (χ1v) is 7.51. The third-order valence-corrected chi connectivity index (χ3v) is 4.48. The molecule has 1 fully saturated rings. The average Bonchev–Trinajstić information content (AvgIpc) is 2.47. The third-order valence-electron chi connectivity index (χ3n) is 3.46. The van der Waals surface area contributed by atoms with E-state index in [2.05, 4.69) is 4.98 Å². The van der Waals surface area contributed by atoms with E-state index in [-0.39, 0.29) is 5.56 Å². The van der Waals surface area contributed by atoms with Crippen molar-refractivity contribution in [3.05, 3.63) is 40.7 Å². The molecule has 2 heterocycles. The lowest BCUT2D eigenvalue weighted by atomic mass is 10.1. The highest BCUT2D eigenvalue weighted by molar-refractivity contribution is 7.99. The molecule has 0 saturated carbocycles. The number of hydrogen-bond acceptors (Lipinski definition) is 4. The molecule has 3 rings (SSSR count). The maximum atomic E-state index is 12.1. The average molecular weight is 290 g/mol. The van der Waals surface area contributed by atoms with Gasteiger partial charge in [0.2, 0.25) is 0 Å². The molecule has 0 amide bonds. The number of nitrogens with zero attached hydrogens (tertiary/aromatic N) is 1. The van der Waals surface area contributed by atoms with Gasteiger partial charge in [0, 0.05) is 23.4 Å². The third kappa shape index (κ3) is 2.27. The van der Waals surface area contributed by atoms with Crippen LogP contribution in [0.1, 0.15) is 0 Å². The van der Waals surface area contributed by atoms with Crippen molar-refractivity contribution in [2.45, 2.75) is 6.04 Å². The molecule has 0 spiro atoms. The Kier molecular flexibility index (Phi) is 3.40. The number of thioether (sulfide) groups is 1. The second kappa shape index (κ2) is 5.20. The molecule has 1 unspecified atom stereocenters. The van der Waals surface area contributed by atoms with E-state index in [4.69, 9.17) is 0 Å². The van der Waals surface area contributed by atoms with Gasteiger partial charge in [-0.3, -0.25) is 4.79 Å². The minimum atomic E-state index is -0.855. The van der Waals surface area contributed by atoms with Crippen LogP contribution in [-0.2, 0) is 4.79 Å². The Morgan fingerprint density at radius 3 is 3.00 bits per heavy atom. The number of H-pyrrole nitrogens is 1. The number of carbonyl (C=O) groups is 1. The maximum absolute atomic E-state index is 12.1. The van der Waals surface area contributed by atoms with Crippen LogP contribution in [0.3, 0.4) is 0 Å². The molecular weight excluding hydrogens is 276 g/mol. The fourth-order valence-electron chi connectivity index (χ4n) is 2.45. The second-order valence-electron chi connectivity index (χ2n) is 4.69. The maximum Gasteiger partial charge on any atom is 0.327 e. The molecule has 1 aromatic carbocycles. The summed E-state index contributed by atoms with van der Waals surface area (Å²) in [5.74, 6) is 1.12. The fraction of sp³-hybridized carbons (Fsp3) is 0.286. The SMILES string of the molecule is O=C(O)C1CSCCN1c1cc2ccccc2c(=O)[nH]1. The van der Waals surface area contributed by atoms with E-state index in [1.54, 1.807) is 22.7 Å². The number of hydrogen-bond donors (Lipinski definition) is 2. The number of fused-ring (bicyclic) bond motifs is 1. The van der Waals surface area contributed by atoms with Crippen molar-refractivity contribution < 1.29 is 9.90 Å². The van der Waals surface area contributed by atoms with Gasteiger partial charge in [0.25, 0.3) is 5.56 Å². The summed E-state index contributed by atoms with van der Waals surface area (Å²) in [6.45, 7) is 0.621. The van der Waals surface area contributed by atoms with Gasteiger partial charge in [-0.2, -0.15) is 11.8 Å². The largest absolute Gasteiger partial charge is 0.480 e. The summed E-state index contributed by atoms with van der Waals surface area (Å²) in [5, 5.41) is 10.8. The van der Waals surface area contributed by atoms with Gasteiger partial charge < -0.3 is 15.0 Å². The summed E-state index contributed by atoms with van der Waals surface area (Å²) in [5.41, 5.74) is -0.180. The standard InChI is InChI=1S/C14H14N2O3S/c17-13-10-4-2-1-3-9(10)7-12(15-13)16-5-6-20-8-11(16)14(18)19/h1-4,7,11H,5-6,8H2,(H,15,17)(H,18,19). The van der Waals surface area contributed by atoms with E-state index in [0.29, 0.717) is 23.5 Å². The van der Waals surface area contributed by atoms with Crippen molar-refractivity contribution in [3.63, 3.8) is 0 Å². The number of rotatable bonds is 2. The number of aromatic nitrogens is 1. The van der Waals surface area contributed by atoms with Crippen LogP contribution in [0.2, 0.25) is 0 Å². The molecule has 0 aliphatic carbocycles. The molecule has 1 aromatic heterocycles. The van der Waals surface area contributed by atoms with Crippen molar-refractivity contribution in [2.24, 2.45) is 0 Å². The van der Waals surface area contributed by atoms with Crippen LogP contribution in [0.5, 0.6) is 0 Å². The first kappa shape index (κ1) is 13.1. The first-order valence-electron chi connectivity index (χ1n) is 6.36. The number of carboxylic acids is 1. The number of benzene rings is 1. The Morgan fingerprint density at radius 1 is 1.40 bits per heavy atom. The van der Waals surface area contributed by atoms with Crippen LogP contribution in [0.15, 0.2) is 35.1 Å². The summed E-state index contributed by atoms with van der Waals surface area (Å²) in [4.78, 5) is 28.0. The Morgan fingerprint density at radius 2 is 2.20 bits per heavy atom. The Hall–Kier alpha value is -1.95. The fourth-order valence-corrected chi connectivity index (χ4v) is 3.49. The number of aromatic amines is 1. The molecule has 1 atom stereocenters. The molecule has 1 saturated heterocycles. The Balaban J connectivity index is 2.09. The van der Waals surface area contributed by atoms with Crippen molar-refractivity contribution in [1.29, 1.82) is 0 Å². The second-order valence-corrected chi connectivity index (χ2v) is 5.84. The Bertz CT molecular complexity index is 713. The van der Waals surface area contributed by atoms with Crippen LogP contribution in [0.25, 0.3) is 10.8 Å². The molecular formula is C14H14N2O3S. The molecule has 1 aliphatic heterocycles. The quantitative estimate of drug-likeness (QED) is 0.877. The van der Waals surface area contributed by atoms with Crippen LogP contribution in [-0.4, -0.2) is 40.2 Å². The predicted molar refractivity (Wildman–Crippen MR) is 80.7 cm³/mol. The molecule has 2 aromatic rings. The van der Waals surface area contributed by atoms with E-state index in [1.807, 2.05) is 24.3 Å². The van der Waals surface area contributed by atoms with Crippen LogP contribution >= 0.6 is 11.8 Å². The van der Waals surface area contributed by atoms with Crippen LogP contribution in [0.4, 0.5) is 5.82 Å². The smallest absolute Gasteiger partial charge is 0.327 e. The monoisotopic (exact) mass is 290 g/mol. The summed E-state index contributed by atoms with van der Waals surface area (Å²) in [6, 6.07) is 8.57. The summed E-state index contributed by atoms with van der Waals surface area (Å²) in [6.07, 6.45) is 0. The van der Waals surface area contributed by atoms with Crippen molar-refractivity contribution >= 4 is 34.3 Å². The Labute approximate surface area is 119 Å². The van der Waals surface area contributed by atoms with Gasteiger partial charge in [0.15, 0.2) is 0 Å². The molecule has 104 valence electrons. The topological polar surface area (TPSA) is 73.4 Å². The number of pyridine rings is 1. The molecule has 0 bridgehead atoms. The van der Waals surface area contributed by atoms with E-state index in [0.717, 1.165) is 11.1 Å². The van der Waals surface area contributed by atoms with E-state index in [1.165, 1.54) is 0 Å². The normalized spacial score (nSPS) is 19.2. The van der Waals surface area contributed by atoms with E-state index in [9.17, 15) is 14.7 Å². The van der Waals surface area contributed by atoms with Crippen LogP contribution in [0, 0.1) is 0 Å². The van der Waals surface area contributed by atoms with E-state index >= 15 is 0 Å². The first-order chi connectivity index (χ1) is 9.66. The van der Waals surface area contributed by atoms with Gasteiger partial charge in [0.1, 0.15) is 11.9 Å². The molecule has 5 nitrogen and oxygen atoms in total. The van der Waals surface area contributed by atoms with Crippen molar-refractivity contribution in [1.82, 2.24) is 4.98 Å². The lowest BCUT2D eigenvalue weighted by Gasteiger charge is -2.34. The molecule has 20 heavy (non-hydrogen) atoms. The zero-order chi connectivity index (χ0) is 14.1. The lowest BCUT2D eigenvalue weighted by Crippen LogP contribution is -2.48. The molecule has 6 heteroatoms. The van der Waals surface area contributed by atoms with Crippen LogP contribution < -0.4 is 10.5 Å². The zero-order valence-electron chi connectivity index (χ0n) is 10.7. The number of anilines is 1. The van der Waals surface area contributed by atoms with Gasteiger partial charge >= 0.3 is 5.97 Å². The van der Waals surface area contributed by atoms with Gasteiger partial charge in [-0.15, -0.1) is 0 Å². The van der Waals surface area contributed by atoms with Gasteiger partial charge in [-0.05, 0) is 17.5 Å². The molecule has 0 radical (unpaired) electrons. The summed E-state index contributed by atoms with van der Waals surface area (Å²) >= 11 is 1.62. The molecule has 2 N–H and O–H groups in total. The van der Waals surface area contributed by atoms with E-state index < -0.39 is 12.0 Å². The number of aliphatic carboxylic acids is 1. The predicted octanol–water partition coefficient (Wildman–Crippen LogP) is 1.53. The minimum absolute atomic E-state index is 0.180. The summed E-state index contributed by atoms with van der Waals surface area (Å²) < 4.78 is 0. The highest BCUT2D eigenvalue weighted by Crippen LogP contribution is 2.24. The zero-order valence-corrected chi connectivity index (χ0v) is 11.5. The number of nitrogens with one attached hydrogen (secondary N) is 1.